The molecular formula is C10H11ClN2O4. The van der Waals surface area contributed by atoms with Gasteiger partial charge in [-0.3, -0.25) is 0 Å². The first-order chi connectivity index (χ1) is 8.08. The minimum atomic E-state index is -0.713. The van der Waals surface area contributed by atoms with Crippen molar-refractivity contribution in [3.8, 4) is 11.5 Å². The highest BCUT2D eigenvalue weighted by atomic mass is 35.5. The third-order valence-corrected chi connectivity index (χ3v) is 2.05. The third kappa shape index (κ3) is 3.53. The lowest BCUT2D eigenvalue weighted by Crippen LogP contribution is -2.16. The number of hydrogen-bond acceptors (Lipinski definition) is 5. The van der Waals surface area contributed by atoms with Crippen molar-refractivity contribution in [1.82, 2.24) is 5.43 Å². The average molecular weight is 259 g/mol. The number of nitrogens with zero attached hydrogens (tertiary/aromatic N) is 1. The summed E-state index contributed by atoms with van der Waals surface area (Å²) in [5, 5.41) is 13.7. The first-order valence-electron chi connectivity index (χ1n) is 4.52. The molecule has 0 bridgehead atoms. The van der Waals surface area contributed by atoms with Gasteiger partial charge in [0.25, 0.3) is 0 Å². The zero-order chi connectivity index (χ0) is 12.8. The van der Waals surface area contributed by atoms with Crippen LogP contribution in [0.2, 0.25) is 5.02 Å². The van der Waals surface area contributed by atoms with E-state index in [0.29, 0.717) is 10.6 Å². The molecule has 0 aromatic heterocycles. The van der Waals surface area contributed by atoms with Gasteiger partial charge in [-0.05, 0) is 6.07 Å². The Kier molecular flexibility index (Phi) is 4.59. The van der Waals surface area contributed by atoms with Gasteiger partial charge in [-0.1, -0.05) is 11.6 Å². The smallest absolute Gasteiger partial charge is 0.427 e. The SMILES string of the molecule is COC(=O)N/N=C\c1cc(Cl)cc(OC)c1O. The predicted molar refractivity (Wildman–Crippen MR) is 62.8 cm³/mol. The van der Waals surface area contributed by atoms with Gasteiger partial charge < -0.3 is 14.6 Å². The summed E-state index contributed by atoms with van der Waals surface area (Å²) in [6, 6.07) is 2.93. The number of methoxy groups -OCH3 is 2. The summed E-state index contributed by atoms with van der Waals surface area (Å²) in [7, 11) is 2.61. The summed E-state index contributed by atoms with van der Waals surface area (Å²) >= 11 is 5.80. The Balaban J connectivity index is 2.90. The van der Waals surface area contributed by atoms with Gasteiger partial charge in [0.1, 0.15) is 0 Å². The van der Waals surface area contributed by atoms with Crippen LogP contribution >= 0.6 is 11.6 Å². The van der Waals surface area contributed by atoms with Crippen LogP contribution in [0.5, 0.6) is 11.5 Å². The lowest BCUT2D eigenvalue weighted by Gasteiger charge is -2.06. The molecule has 0 fully saturated rings. The molecule has 6 nitrogen and oxygen atoms in total. The molecule has 92 valence electrons. The summed E-state index contributed by atoms with van der Waals surface area (Å²) in [6.07, 6.45) is 0.510. The summed E-state index contributed by atoms with van der Waals surface area (Å²) < 4.78 is 9.22. The topological polar surface area (TPSA) is 80.2 Å². The molecular weight excluding hydrogens is 248 g/mol. The molecule has 7 heteroatoms. The van der Waals surface area contributed by atoms with Gasteiger partial charge in [0.15, 0.2) is 11.5 Å². The maximum atomic E-state index is 10.7. The van der Waals surface area contributed by atoms with Crippen LogP contribution < -0.4 is 10.2 Å². The van der Waals surface area contributed by atoms with E-state index in [1.54, 1.807) is 0 Å². The normalized spacial score (nSPS) is 10.3. The molecule has 0 aliphatic carbocycles. The Morgan fingerprint density at radius 1 is 1.53 bits per heavy atom. The molecule has 1 aromatic rings. The van der Waals surface area contributed by atoms with Crippen molar-refractivity contribution in [3.63, 3.8) is 0 Å². The Morgan fingerprint density at radius 2 is 2.24 bits per heavy atom. The summed E-state index contributed by atoms with van der Waals surface area (Å²) in [5.41, 5.74) is 2.39. The number of halogens is 1. The number of nitrogens with one attached hydrogen (secondary N) is 1. The van der Waals surface area contributed by atoms with E-state index >= 15 is 0 Å². The zero-order valence-corrected chi connectivity index (χ0v) is 9.99. The van der Waals surface area contributed by atoms with Gasteiger partial charge in [0, 0.05) is 16.7 Å². The van der Waals surface area contributed by atoms with Crippen LogP contribution in [0.15, 0.2) is 17.2 Å². The number of hydrogen-bond donors (Lipinski definition) is 2. The standard InChI is InChI=1S/C10H11ClN2O4/c1-16-8-4-7(11)3-6(9(8)14)5-12-13-10(15)17-2/h3-5,14H,1-2H3,(H,13,15)/b12-5-. The highest BCUT2D eigenvalue weighted by Gasteiger charge is 2.08. The number of amides is 1. The number of rotatable bonds is 3. The van der Waals surface area contributed by atoms with E-state index in [1.807, 2.05) is 0 Å². The molecule has 0 spiro atoms. The third-order valence-electron chi connectivity index (χ3n) is 1.83. The predicted octanol–water partition coefficient (Wildman–Crippen LogP) is 1.74. The molecule has 0 radical (unpaired) electrons. The lowest BCUT2D eigenvalue weighted by molar-refractivity contribution is 0.171. The number of phenolic OH excluding ortho intramolecular Hbond substituents is 1. The van der Waals surface area contributed by atoms with Crippen LogP contribution in [0, 0.1) is 0 Å². The number of benzene rings is 1. The molecule has 1 aromatic carbocycles. The van der Waals surface area contributed by atoms with Crippen LogP contribution in [0.4, 0.5) is 4.79 Å². The fraction of sp³-hybridized carbons (Fsp3) is 0.200. The second-order valence-electron chi connectivity index (χ2n) is 2.91. The molecule has 0 aliphatic heterocycles. The quantitative estimate of drug-likeness (QED) is 0.639. The second-order valence-corrected chi connectivity index (χ2v) is 3.34. The maximum Gasteiger partial charge on any atom is 0.427 e. The average Bonchev–Trinajstić information content (AvgIpc) is 2.32. The van der Waals surface area contributed by atoms with Crippen LogP contribution in [0.1, 0.15) is 5.56 Å². The van der Waals surface area contributed by atoms with E-state index in [2.05, 4.69) is 15.3 Å². The van der Waals surface area contributed by atoms with E-state index in [1.165, 1.54) is 32.6 Å². The van der Waals surface area contributed by atoms with Crippen molar-refractivity contribution < 1.29 is 19.4 Å². The van der Waals surface area contributed by atoms with Crippen molar-refractivity contribution in [1.29, 1.82) is 0 Å². The monoisotopic (exact) mass is 258 g/mol. The number of ether oxygens (including phenoxy) is 2. The van der Waals surface area contributed by atoms with Crippen LogP contribution in [-0.2, 0) is 4.74 Å². The maximum absolute atomic E-state index is 10.7. The molecule has 2 N–H and O–H groups in total. The van der Waals surface area contributed by atoms with Gasteiger partial charge >= 0.3 is 6.09 Å². The largest absolute Gasteiger partial charge is 0.504 e. The Bertz CT molecular complexity index is 448. The second kappa shape index (κ2) is 5.95. The molecule has 1 rings (SSSR count). The van der Waals surface area contributed by atoms with Crippen LogP contribution in [0.3, 0.4) is 0 Å². The van der Waals surface area contributed by atoms with E-state index in [-0.39, 0.29) is 11.5 Å². The van der Waals surface area contributed by atoms with E-state index < -0.39 is 6.09 Å². The van der Waals surface area contributed by atoms with Gasteiger partial charge in [0.05, 0.1) is 20.4 Å². The summed E-state index contributed by atoms with van der Waals surface area (Å²) in [5.74, 6) is 0.101. The van der Waals surface area contributed by atoms with Gasteiger partial charge in [-0.15, -0.1) is 0 Å². The van der Waals surface area contributed by atoms with E-state index in [0.717, 1.165) is 0 Å². The Morgan fingerprint density at radius 3 is 2.82 bits per heavy atom. The highest BCUT2D eigenvalue weighted by Crippen LogP contribution is 2.32. The fourth-order valence-corrected chi connectivity index (χ4v) is 1.27. The van der Waals surface area contributed by atoms with Crippen molar-refractivity contribution in [3.05, 3.63) is 22.7 Å². The molecule has 0 unspecified atom stereocenters. The van der Waals surface area contributed by atoms with Crippen molar-refractivity contribution in [2.45, 2.75) is 0 Å². The number of aromatic hydroxyl groups is 1. The zero-order valence-electron chi connectivity index (χ0n) is 9.23. The number of phenols is 1. The molecule has 0 saturated heterocycles. The number of carbonyl (C=O) groups is 1. The minimum absolute atomic E-state index is 0.118. The van der Waals surface area contributed by atoms with Crippen molar-refractivity contribution >= 4 is 23.9 Å². The molecule has 0 heterocycles. The van der Waals surface area contributed by atoms with Crippen molar-refractivity contribution in [2.24, 2.45) is 5.10 Å². The molecule has 17 heavy (non-hydrogen) atoms. The van der Waals surface area contributed by atoms with Gasteiger partial charge in [0.2, 0.25) is 0 Å². The number of carbonyl (C=O) groups excluding carboxylic acids is 1. The van der Waals surface area contributed by atoms with Crippen LogP contribution in [-0.4, -0.2) is 31.6 Å². The molecule has 0 atom stereocenters. The van der Waals surface area contributed by atoms with E-state index in [4.69, 9.17) is 16.3 Å². The van der Waals surface area contributed by atoms with Gasteiger partial charge in [-0.25, -0.2) is 10.2 Å². The summed E-state index contributed by atoms with van der Waals surface area (Å²) in [4.78, 5) is 10.7. The molecule has 0 saturated carbocycles. The highest BCUT2D eigenvalue weighted by molar-refractivity contribution is 6.31. The van der Waals surface area contributed by atoms with Gasteiger partial charge in [-0.2, -0.15) is 5.10 Å². The summed E-state index contributed by atoms with van der Waals surface area (Å²) in [6.45, 7) is 0. The Hall–Kier alpha value is -1.95. The van der Waals surface area contributed by atoms with Crippen molar-refractivity contribution in [2.75, 3.05) is 14.2 Å². The first kappa shape index (κ1) is 13.1. The van der Waals surface area contributed by atoms with E-state index in [9.17, 15) is 9.90 Å². The molecule has 1 amide bonds. The number of hydrazone groups is 1. The molecule has 0 aliphatic rings. The first-order valence-corrected chi connectivity index (χ1v) is 4.89. The Labute approximate surface area is 103 Å². The fourth-order valence-electron chi connectivity index (χ4n) is 1.05. The minimum Gasteiger partial charge on any atom is -0.504 e. The van der Waals surface area contributed by atoms with Crippen LogP contribution in [0.25, 0.3) is 0 Å². The lowest BCUT2D eigenvalue weighted by atomic mass is 10.2.